The van der Waals surface area contributed by atoms with Crippen LogP contribution >= 0.6 is 11.6 Å². The first kappa shape index (κ1) is 15.0. The van der Waals surface area contributed by atoms with Crippen molar-refractivity contribution in [3.63, 3.8) is 0 Å². The Labute approximate surface area is 123 Å². The van der Waals surface area contributed by atoms with Gasteiger partial charge < -0.3 is 0 Å². The molecule has 0 aliphatic carbocycles. The maximum absolute atomic E-state index is 13.2. The summed E-state index contributed by atoms with van der Waals surface area (Å²) in [5, 5.41) is 0.138. The molecule has 2 aromatic carbocycles. The minimum absolute atomic E-state index is 0.0304. The second kappa shape index (κ2) is 6.35. The standard InChI is InChI=1S/C16H18ClFN2/c1-10-3-5-13(11(2)7-10)16(20-19)9-12-4-6-15(18)14(17)8-12/h3-8,16,20H,9,19H2,1-2H3. The van der Waals surface area contributed by atoms with E-state index in [0.717, 1.165) is 11.1 Å². The molecule has 0 fully saturated rings. The number of hydrogen-bond acceptors (Lipinski definition) is 2. The third-order valence-corrected chi connectivity index (χ3v) is 3.72. The van der Waals surface area contributed by atoms with E-state index in [1.54, 1.807) is 12.1 Å². The summed E-state index contributed by atoms with van der Waals surface area (Å²) in [4.78, 5) is 0. The summed E-state index contributed by atoms with van der Waals surface area (Å²) in [6.45, 7) is 4.12. The fourth-order valence-electron chi connectivity index (χ4n) is 2.38. The number of halogens is 2. The third-order valence-electron chi connectivity index (χ3n) is 3.43. The van der Waals surface area contributed by atoms with Crippen molar-refractivity contribution in [2.75, 3.05) is 0 Å². The average molecular weight is 293 g/mol. The molecule has 1 unspecified atom stereocenters. The number of aryl methyl sites for hydroxylation is 2. The molecule has 1 atom stereocenters. The van der Waals surface area contributed by atoms with Gasteiger partial charge in [0.05, 0.1) is 11.1 Å². The van der Waals surface area contributed by atoms with Crippen LogP contribution in [0.5, 0.6) is 0 Å². The van der Waals surface area contributed by atoms with Crippen molar-refractivity contribution in [3.05, 3.63) is 69.5 Å². The summed E-state index contributed by atoms with van der Waals surface area (Å²) in [6, 6.07) is 11.0. The van der Waals surface area contributed by atoms with E-state index in [4.69, 9.17) is 17.4 Å². The van der Waals surface area contributed by atoms with Crippen molar-refractivity contribution in [2.24, 2.45) is 5.84 Å². The quantitative estimate of drug-likeness (QED) is 0.664. The number of rotatable bonds is 4. The Hall–Kier alpha value is -1.42. The fourth-order valence-corrected chi connectivity index (χ4v) is 2.58. The van der Waals surface area contributed by atoms with E-state index >= 15 is 0 Å². The minimum Gasteiger partial charge on any atom is -0.271 e. The molecule has 4 heteroatoms. The van der Waals surface area contributed by atoms with Crippen LogP contribution in [0.25, 0.3) is 0 Å². The first-order chi connectivity index (χ1) is 9.51. The second-order valence-electron chi connectivity index (χ2n) is 5.03. The van der Waals surface area contributed by atoms with Crippen LogP contribution in [0.3, 0.4) is 0 Å². The molecule has 2 nitrogen and oxygen atoms in total. The zero-order valence-electron chi connectivity index (χ0n) is 11.6. The Morgan fingerprint density at radius 1 is 1.20 bits per heavy atom. The maximum atomic E-state index is 13.2. The number of nitrogens with one attached hydrogen (secondary N) is 1. The SMILES string of the molecule is Cc1ccc(C(Cc2ccc(F)c(Cl)c2)NN)c(C)c1. The number of hydrazine groups is 1. The zero-order valence-corrected chi connectivity index (χ0v) is 12.3. The van der Waals surface area contributed by atoms with Crippen LogP contribution in [0.4, 0.5) is 4.39 Å². The Bertz CT molecular complexity index is 613. The van der Waals surface area contributed by atoms with E-state index in [2.05, 4.69) is 37.5 Å². The lowest BCUT2D eigenvalue weighted by molar-refractivity contribution is 0.548. The van der Waals surface area contributed by atoms with Crippen LogP contribution < -0.4 is 11.3 Å². The molecule has 2 rings (SSSR count). The highest BCUT2D eigenvalue weighted by Crippen LogP contribution is 2.24. The predicted octanol–water partition coefficient (Wildman–Crippen LogP) is 3.84. The second-order valence-corrected chi connectivity index (χ2v) is 5.44. The van der Waals surface area contributed by atoms with Gasteiger partial charge in [-0.1, -0.05) is 41.4 Å². The molecule has 0 aliphatic heterocycles. The van der Waals surface area contributed by atoms with Crippen LogP contribution in [0, 0.1) is 19.7 Å². The minimum atomic E-state index is -0.404. The van der Waals surface area contributed by atoms with Gasteiger partial charge in [0.2, 0.25) is 0 Å². The molecule has 0 saturated heterocycles. The van der Waals surface area contributed by atoms with Gasteiger partial charge in [0, 0.05) is 0 Å². The summed E-state index contributed by atoms with van der Waals surface area (Å²) in [6.07, 6.45) is 0.653. The molecule has 0 spiro atoms. The van der Waals surface area contributed by atoms with Gasteiger partial charge in [0.1, 0.15) is 5.82 Å². The highest BCUT2D eigenvalue weighted by atomic mass is 35.5. The lowest BCUT2D eigenvalue weighted by atomic mass is 9.94. The summed E-state index contributed by atoms with van der Waals surface area (Å²) >= 11 is 5.81. The van der Waals surface area contributed by atoms with Crippen molar-refractivity contribution in [1.29, 1.82) is 0 Å². The van der Waals surface area contributed by atoms with Gasteiger partial charge in [-0.05, 0) is 49.1 Å². The third kappa shape index (κ3) is 3.37. The van der Waals surface area contributed by atoms with E-state index < -0.39 is 5.82 Å². The first-order valence-electron chi connectivity index (χ1n) is 6.48. The molecular weight excluding hydrogens is 275 g/mol. The summed E-state index contributed by atoms with van der Waals surface area (Å²) in [5.41, 5.74) is 7.30. The van der Waals surface area contributed by atoms with Gasteiger partial charge in [0.15, 0.2) is 0 Å². The molecule has 106 valence electrons. The van der Waals surface area contributed by atoms with E-state index in [-0.39, 0.29) is 11.1 Å². The van der Waals surface area contributed by atoms with E-state index in [0.29, 0.717) is 6.42 Å². The van der Waals surface area contributed by atoms with Gasteiger partial charge in [-0.15, -0.1) is 0 Å². The van der Waals surface area contributed by atoms with Crippen LogP contribution in [0.15, 0.2) is 36.4 Å². The molecule has 3 N–H and O–H groups in total. The van der Waals surface area contributed by atoms with E-state index in [1.807, 2.05) is 0 Å². The molecule has 20 heavy (non-hydrogen) atoms. The van der Waals surface area contributed by atoms with Gasteiger partial charge in [-0.2, -0.15) is 0 Å². The number of hydrogen-bond donors (Lipinski definition) is 2. The Morgan fingerprint density at radius 2 is 1.95 bits per heavy atom. The highest BCUT2D eigenvalue weighted by molar-refractivity contribution is 6.30. The topological polar surface area (TPSA) is 38.0 Å². The first-order valence-corrected chi connectivity index (χ1v) is 6.86. The fraction of sp³-hybridized carbons (Fsp3) is 0.250. The van der Waals surface area contributed by atoms with Crippen molar-refractivity contribution in [1.82, 2.24) is 5.43 Å². The largest absolute Gasteiger partial charge is 0.271 e. The van der Waals surface area contributed by atoms with Gasteiger partial charge in [0.25, 0.3) is 0 Å². The zero-order chi connectivity index (χ0) is 14.7. The molecule has 0 heterocycles. The van der Waals surface area contributed by atoms with Gasteiger partial charge in [-0.25, -0.2) is 4.39 Å². The lowest BCUT2D eigenvalue weighted by Gasteiger charge is -2.19. The summed E-state index contributed by atoms with van der Waals surface area (Å²) < 4.78 is 13.2. The summed E-state index contributed by atoms with van der Waals surface area (Å²) in [7, 11) is 0. The highest BCUT2D eigenvalue weighted by Gasteiger charge is 2.14. The maximum Gasteiger partial charge on any atom is 0.141 e. The Morgan fingerprint density at radius 3 is 2.55 bits per heavy atom. The van der Waals surface area contributed by atoms with Gasteiger partial charge in [-0.3, -0.25) is 11.3 Å². The van der Waals surface area contributed by atoms with Crippen molar-refractivity contribution >= 4 is 11.6 Å². The van der Waals surface area contributed by atoms with Crippen molar-refractivity contribution < 1.29 is 4.39 Å². The normalized spacial score (nSPS) is 12.4. The molecule has 0 aromatic heterocycles. The van der Waals surface area contributed by atoms with Crippen LogP contribution in [-0.4, -0.2) is 0 Å². The number of nitrogens with two attached hydrogens (primary N) is 1. The molecule has 0 bridgehead atoms. The average Bonchev–Trinajstić information content (AvgIpc) is 2.41. The van der Waals surface area contributed by atoms with E-state index in [9.17, 15) is 4.39 Å². The van der Waals surface area contributed by atoms with Crippen LogP contribution in [-0.2, 0) is 6.42 Å². The number of benzene rings is 2. The molecule has 0 amide bonds. The Balaban J connectivity index is 2.26. The van der Waals surface area contributed by atoms with Crippen molar-refractivity contribution in [3.8, 4) is 0 Å². The smallest absolute Gasteiger partial charge is 0.141 e. The molecule has 0 radical (unpaired) electrons. The Kier molecular flexibility index (Phi) is 4.76. The van der Waals surface area contributed by atoms with Crippen molar-refractivity contribution in [2.45, 2.75) is 26.3 Å². The lowest BCUT2D eigenvalue weighted by Crippen LogP contribution is -2.30. The molecular formula is C16H18ClFN2. The van der Waals surface area contributed by atoms with E-state index in [1.165, 1.54) is 17.2 Å². The molecule has 0 saturated carbocycles. The van der Waals surface area contributed by atoms with Crippen LogP contribution in [0.1, 0.15) is 28.3 Å². The molecule has 2 aromatic rings. The van der Waals surface area contributed by atoms with Gasteiger partial charge >= 0.3 is 0 Å². The molecule has 0 aliphatic rings. The summed E-state index contributed by atoms with van der Waals surface area (Å²) in [5.74, 6) is 5.27. The predicted molar refractivity (Wildman–Crippen MR) is 81.1 cm³/mol. The van der Waals surface area contributed by atoms with Crippen LogP contribution in [0.2, 0.25) is 5.02 Å². The monoisotopic (exact) mass is 292 g/mol.